The van der Waals surface area contributed by atoms with Gasteiger partial charge in [0.25, 0.3) is 0 Å². The van der Waals surface area contributed by atoms with Crippen LogP contribution < -0.4 is 0 Å². The predicted octanol–water partition coefficient (Wildman–Crippen LogP) is 2.67. The van der Waals surface area contributed by atoms with E-state index >= 15 is 0 Å². The summed E-state index contributed by atoms with van der Waals surface area (Å²) < 4.78 is 6.90. The first-order valence-electron chi connectivity index (χ1n) is 5.87. The highest BCUT2D eigenvalue weighted by molar-refractivity contribution is 5.92. The second-order valence-electron chi connectivity index (χ2n) is 4.00. The number of pyridine rings is 1. The number of aromatic nitrogens is 2. The molecule has 4 heteroatoms. The lowest BCUT2D eigenvalue weighted by atomic mass is 10.2. The predicted molar refractivity (Wildman–Crippen MR) is 69.4 cm³/mol. The van der Waals surface area contributed by atoms with Crippen LogP contribution in [0.15, 0.2) is 30.6 Å². The van der Waals surface area contributed by atoms with Crippen molar-refractivity contribution in [2.75, 3.05) is 7.11 Å². The summed E-state index contributed by atoms with van der Waals surface area (Å²) in [6.45, 7) is 4.79. The van der Waals surface area contributed by atoms with Crippen LogP contribution in [0.5, 0.6) is 0 Å². The third-order valence-electron chi connectivity index (χ3n) is 3.06. The fourth-order valence-electron chi connectivity index (χ4n) is 2.13. The van der Waals surface area contributed by atoms with Gasteiger partial charge in [-0.1, -0.05) is 0 Å². The second-order valence-corrected chi connectivity index (χ2v) is 4.00. The Labute approximate surface area is 106 Å². The molecular weight excluding hydrogens is 228 g/mol. The molecule has 2 aromatic rings. The zero-order valence-corrected chi connectivity index (χ0v) is 10.8. The summed E-state index contributed by atoms with van der Waals surface area (Å²) in [5.41, 5.74) is 3.60. The average Bonchev–Trinajstić information content (AvgIpc) is 2.76. The van der Waals surface area contributed by atoms with Crippen molar-refractivity contribution in [3.05, 3.63) is 41.9 Å². The molecule has 0 saturated heterocycles. The van der Waals surface area contributed by atoms with Crippen molar-refractivity contribution in [3.63, 3.8) is 0 Å². The zero-order chi connectivity index (χ0) is 13.1. The fourth-order valence-corrected chi connectivity index (χ4v) is 2.13. The monoisotopic (exact) mass is 244 g/mol. The molecule has 0 radical (unpaired) electrons. The standard InChI is InChI=1S/C14H16N2O2/c1-4-16-10(2)12(14(17)18-3)9-13(16)11-5-7-15-8-6-11/h5-9H,4H2,1-3H3. The highest BCUT2D eigenvalue weighted by Crippen LogP contribution is 2.25. The van der Waals surface area contributed by atoms with E-state index in [2.05, 4.69) is 16.5 Å². The molecule has 0 aromatic carbocycles. The molecule has 0 bridgehead atoms. The largest absolute Gasteiger partial charge is 0.465 e. The van der Waals surface area contributed by atoms with Crippen LogP contribution in [0.2, 0.25) is 0 Å². The van der Waals surface area contributed by atoms with Crippen LogP contribution in [0.3, 0.4) is 0 Å². The maximum Gasteiger partial charge on any atom is 0.339 e. The van der Waals surface area contributed by atoms with Crippen LogP contribution >= 0.6 is 0 Å². The number of methoxy groups -OCH3 is 1. The third-order valence-corrected chi connectivity index (χ3v) is 3.06. The van der Waals surface area contributed by atoms with Gasteiger partial charge in [-0.2, -0.15) is 0 Å². The van der Waals surface area contributed by atoms with Gasteiger partial charge in [0.15, 0.2) is 0 Å². The quantitative estimate of drug-likeness (QED) is 0.780. The summed E-state index contributed by atoms with van der Waals surface area (Å²) in [7, 11) is 1.40. The third kappa shape index (κ3) is 2.01. The topological polar surface area (TPSA) is 44.1 Å². The molecular formula is C14H16N2O2. The lowest BCUT2D eigenvalue weighted by Crippen LogP contribution is -2.04. The van der Waals surface area contributed by atoms with Gasteiger partial charge in [0.05, 0.1) is 12.7 Å². The van der Waals surface area contributed by atoms with Gasteiger partial charge >= 0.3 is 5.97 Å². The Hall–Kier alpha value is -2.10. The van der Waals surface area contributed by atoms with E-state index in [1.165, 1.54) is 7.11 Å². The van der Waals surface area contributed by atoms with Crippen molar-refractivity contribution >= 4 is 5.97 Å². The van der Waals surface area contributed by atoms with E-state index in [0.717, 1.165) is 23.5 Å². The van der Waals surface area contributed by atoms with Crippen molar-refractivity contribution in [1.82, 2.24) is 9.55 Å². The molecule has 2 heterocycles. The van der Waals surface area contributed by atoms with Crippen molar-refractivity contribution in [2.24, 2.45) is 0 Å². The number of esters is 1. The van der Waals surface area contributed by atoms with Crippen molar-refractivity contribution in [1.29, 1.82) is 0 Å². The highest BCUT2D eigenvalue weighted by Gasteiger charge is 2.17. The first kappa shape index (κ1) is 12.4. The van der Waals surface area contributed by atoms with Crippen LogP contribution in [0.1, 0.15) is 23.0 Å². The molecule has 0 saturated carbocycles. The van der Waals surface area contributed by atoms with Crippen molar-refractivity contribution in [3.8, 4) is 11.3 Å². The molecule has 0 aliphatic heterocycles. The fraction of sp³-hybridized carbons (Fsp3) is 0.286. The van der Waals surface area contributed by atoms with Crippen LogP contribution in [0, 0.1) is 6.92 Å². The van der Waals surface area contributed by atoms with Gasteiger partial charge < -0.3 is 9.30 Å². The van der Waals surface area contributed by atoms with Gasteiger partial charge in [0, 0.05) is 35.9 Å². The molecule has 4 nitrogen and oxygen atoms in total. The van der Waals surface area contributed by atoms with Gasteiger partial charge in [-0.15, -0.1) is 0 Å². The minimum absolute atomic E-state index is 0.296. The molecule has 2 rings (SSSR count). The molecule has 0 fully saturated rings. The molecule has 0 atom stereocenters. The van der Waals surface area contributed by atoms with Crippen LogP contribution in [0.25, 0.3) is 11.3 Å². The number of nitrogens with zero attached hydrogens (tertiary/aromatic N) is 2. The summed E-state index contributed by atoms with van der Waals surface area (Å²) >= 11 is 0. The minimum atomic E-state index is -0.296. The van der Waals surface area contributed by atoms with Gasteiger partial charge in [-0.3, -0.25) is 4.98 Å². The number of carbonyl (C=O) groups excluding carboxylic acids is 1. The first-order valence-corrected chi connectivity index (χ1v) is 5.87. The Kier molecular flexibility index (Phi) is 3.46. The van der Waals surface area contributed by atoms with E-state index in [-0.39, 0.29) is 5.97 Å². The molecule has 94 valence electrons. The Morgan fingerprint density at radius 2 is 2.06 bits per heavy atom. The molecule has 0 spiro atoms. The number of carbonyl (C=O) groups is 1. The van der Waals surface area contributed by atoms with Gasteiger partial charge in [-0.25, -0.2) is 4.79 Å². The normalized spacial score (nSPS) is 10.4. The Morgan fingerprint density at radius 3 is 2.61 bits per heavy atom. The molecule has 0 aliphatic carbocycles. The lowest BCUT2D eigenvalue weighted by Gasteiger charge is -2.08. The smallest absolute Gasteiger partial charge is 0.339 e. The average molecular weight is 244 g/mol. The van der Waals surface area contributed by atoms with E-state index < -0.39 is 0 Å². The summed E-state index contributed by atoms with van der Waals surface area (Å²) in [6, 6.07) is 5.74. The zero-order valence-electron chi connectivity index (χ0n) is 10.8. The second kappa shape index (κ2) is 5.04. The summed E-state index contributed by atoms with van der Waals surface area (Å²) in [6.07, 6.45) is 3.49. The van der Waals surface area contributed by atoms with E-state index in [1.54, 1.807) is 12.4 Å². The van der Waals surface area contributed by atoms with E-state index in [1.807, 2.05) is 25.1 Å². The number of hydrogen-bond acceptors (Lipinski definition) is 3. The number of ether oxygens (including phenoxy) is 1. The van der Waals surface area contributed by atoms with E-state index in [0.29, 0.717) is 5.56 Å². The van der Waals surface area contributed by atoms with E-state index in [9.17, 15) is 4.79 Å². The maximum atomic E-state index is 11.7. The minimum Gasteiger partial charge on any atom is -0.465 e. The highest BCUT2D eigenvalue weighted by atomic mass is 16.5. The van der Waals surface area contributed by atoms with Gasteiger partial charge in [0.1, 0.15) is 0 Å². The lowest BCUT2D eigenvalue weighted by molar-refractivity contribution is 0.0600. The molecule has 18 heavy (non-hydrogen) atoms. The Morgan fingerprint density at radius 1 is 1.39 bits per heavy atom. The van der Waals surface area contributed by atoms with Crippen LogP contribution in [-0.2, 0) is 11.3 Å². The summed E-state index contributed by atoms with van der Waals surface area (Å²) in [5.74, 6) is -0.296. The van der Waals surface area contributed by atoms with Crippen molar-refractivity contribution in [2.45, 2.75) is 20.4 Å². The molecule has 0 unspecified atom stereocenters. The van der Waals surface area contributed by atoms with E-state index in [4.69, 9.17) is 4.74 Å². The molecule has 2 aromatic heterocycles. The SMILES string of the molecule is CCn1c(-c2ccncc2)cc(C(=O)OC)c1C. The Balaban J connectivity index is 2.58. The molecule has 0 aliphatic rings. The summed E-state index contributed by atoms with van der Waals surface area (Å²) in [4.78, 5) is 15.7. The summed E-state index contributed by atoms with van der Waals surface area (Å²) in [5, 5.41) is 0. The van der Waals surface area contributed by atoms with Gasteiger partial charge in [-0.05, 0) is 32.0 Å². The van der Waals surface area contributed by atoms with Gasteiger partial charge in [0.2, 0.25) is 0 Å². The number of hydrogen-bond donors (Lipinski definition) is 0. The van der Waals surface area contributed by atoms with Crippen molar-refractivity contribution < 1.29 is 9.53 Å². The molecule has 0 N–H and O–H groups in total. The first-order chi connectivity index (χ1) is 8.69. The molecule has 0 amide bonds. The Bertz CT molecular complexity index is 559. The van der Waals surface area contributed by atoms with Crippen LogP contribution in [0.4, 0.5) is 0 Å². The maximum absolute atomic E-state index is 11.7. The van der Waals surface area contributed by atoms with Crippen LogP contribution in [-0.4, -0.2) is 22.6 Å². The number of rotatable bonds is 3.